The molecule has 31 heavy (non-hydrogen) atoms. The van der Waals surface area contributed by atoms with E-state index in [0.29, 0.717) is 17.3 Å². The van der Waals surface area contributed by atoms with Crippen molar-refractivity contribution in [1.82, 2.24) is 10.2 Å². The van der Waals surface area contributed by atoms with E-state index in [-0.39, 0.29) is 12.3 Å². The molecule has 0 unspecified atom stereocenters. The summed E-state index contributed by atoms with van der Waals surface area (Å²) in [5, 5.41) is 2.88. The third kappa shape index (κ3) is 5.57. The Morgan fingerprint density at radius 1 is 0.903 bits per heavy atom. The van der Waals surface area contributed by atoms with Crippen molar-refractivity contribution in [1.29, 1.82) is 0 Å². The van der Waals surface area contributed by atoms with Crippen molar-refractivity contribution in [2.24, 2.45) is 0 Å². The highest BCUT2D eigenvalue weighted by Gasteiger charge is 2.27. The van der Waals surface area contributed by atoms with Gasteiger partial charge in [0.1, 0.15) is 0 Å². The van der Waals surface area contributed by atoms with E-state index in [4.69, 9.17) is 11.6 Å². The van der Waals surface area contributed by atoms with Gasteiger partial charge in [-0.25, -0.2) is 4.79 Å². The third-order valence-electron chi connectivity index (χ3n) is 6.04. The highest BCUT2D eigenvalue weighted by molar-refractivity contribution is 6.34. The maximum atomic E-state index is 12.2. The minimum Gasteiger partial charge on any atom is -0.369 e. The van der Waals surface area contributed by atoms with Crippen LogP contribution in [0.4, 0.5) is 16.2 Å². The molecule has 0 aliphatic carbocycles. The maximum absolute atomic E-state index is 12.2. The van der Waals surface area contributed by atoms with Crippen LogP contribution < -0.4 is 15.1 Å². The van der Waals surface area contributed by atoms with Gasteiger partial charge in [-0.05, 0) is 49.6 Å². The number of imide groups is 1. The van der Waals surface area contributed by atoms with Crippen LogP contribution in [0.3, 0.4) is 0 Å². The summed E-state index contributed by atoms with van der Waals surface area (Å²) in [5.41, 5.74) is 3.14. The van der Waals surface area contributed by atoms with Gasteiger partial charge in [0.05, 0.1) is 10.7 Å². The molecule has 0 aromatic heterocycles. The minimum absolute atomic E-state index is 0.242. The molecule has 6 nitrogen and oxygen atoms in total. The fourth-order valence-electron chi connectivity index (χ4n) is 4.24. The molecule has 7 heteroatoms. The predicted molar refractivity (Wildman–Crippen MR) is 125 cm³/mol. The van der Waals surface area contributed by atoms with Gasteiger partial charge in [-0.2, -0.15) is 0 Å². The van der Waals surface area contributed by atoms with Gasteiger partial charge in [0.25, 0.3) is 0 Å². The van der Waals surface area contributed by atoms with Crippen LogP contribution in [0.25, 0.3) is 0 Å². The lowest BCUT2D eigenvalue weighted by Gasteiger charge is -2.37. The molecule has 2 heterocycles. The van der Waals surface area contributed by atoms with Crippen LogP contribution in [0.5, 0.6) is 0 Å². The summed E-state index contributed by atoms with van der Waals surface area (Å²) < 4.78 is 0. The zero-order chi connectivity index (χ0) is 21.6. The lowest BCUT2D eigenvalue weighted by atomic mass is 10.1. The molecule has 3 amide bonds. The molecule has 1 N–H and O–H groups in total. The number of aryl methyl sites for hydroxylation is 1. The molecular formula is C24H29ClN4O2. The van der Waals surface area contributed by atoms with E-state index >= 15 is 0 Å². The van der Waals surface area contributed by atoms with Gasteiger partial charge in [-0.3, -0.25) is 19.9 Å². The SMILES string of the molecule is O=C1CCN(c2cc(N3CCN(CCCCc4ccccc4)CC3)ccc2Cl)C(=O)N1. The first-order valence-corrected chi connectivity index (χ1v) is 11.4. The van der Waals surface area contributed by atoms with Crippen LogP contribution in [-0.4, -0.2) is 56.1 Å². The Morgan fingerprint density at radius 3 is 2.42 bits per heavy atom. The fraction of sp³-hybridized carbons (Fsp3) is 0.417. The largest absolute Gasteiger partial charge is 0.369 e. The molecule has 2 aromatic rings. The molecule has 2 fully saturated rings. The van der Waals surface area contributed by atoms with E-state index in [2.05, 4.69) is 45.4 Å². The Morgan fingerprint density at radius 2 is 1.68 bits per heavy atom. The van der Waals surface area contributed by atoms with Gasteiger partial charge < -0.3 is 4.90 Å². The maximum Gasteiger partial charge on any atom is 0.328 e. The third-order valence-corrected chi connectivity index (χ3v) is 6.36. The van der Waals surface area contributed by atoms with Crippen molar-refractivity contribution >= 4 is 34.9 Å². The van der Waals surface area contributed by atoms with Crippen LogP contribution in [0.15, 0.2) is 48.5 Å². The van der Waals surface area contributed by atoms with Crippen LogP contribution >= 0.6 is 11.6 Å². The average Bonchev–Trinajstić information content (AvgIpc) is 2.79. The van der Waals surface area contributed by atoms with Crippen molar-refractivity contribution < 1.29 is 9.59 Å². The van der Waals surface area contributed by atoms with Gasteiger partial charge in [0, 0.05) is 44.8 Å². The van der Waals surface area contributed by atoms with E-state index in [9.17, 15) is 9.59 Å². The molecule has 2 saturated heterocycles. The molecule has 0 spiro atoms. The summed E-state index contributed by atoms with van der Waals surface area (Å²) in [6.45, 7) is 5.44. The number of amides is 3. The highest BCUT2D eigenvalue weighted by atomic mass is 35.5. The number of nitrogens with one attached hydrogen (secondary N) is 1. The molecular weight excluding hydrogens is 412 g/mol. The Kier molecular flexibility index (Phi) is 7.10. The summed E-state index contributed by atoms with van der Waals surface area (Å²) in [5.74, 6) is -0.242. The molecule has 4 rings (SSSR count). The van der Waals surface area contributed by atoms with Crippen LogP contribution in [-0.2, 0) is 11.2 Å². The first-order chi connectivity index (χ1) is 15.1. The fourth-order valence-corrected chi connectivity index (χ4v) is 4.46. The Balaban J connectivity index is 1.27. The normalized spacial score (nSPS) is 17.7. The molecule has 0 saturated carbocycles. The number of urea groups is 1. The Labute approximate surface area is 188 Å². The number of benzene rings is 2. The molecule has 0 bridgehead atoms. The van der Waals surface area contributed by atoms with Crippen LogP contribution in [0.1, 0.15) is 24.8 Å². The molecule has 0 atom stereocenters. The zero-order valence-corrected chi connectivity index (χ0v) is 18.5. The predicted octanol–water partition coefficient (Wildman–Crippen LogP) is 3.93. The quantitative estimate of drug-likeness (QED) is 0.663. The van der Waals surface area contributed by atoms with E-state index in [1.54, 1.807) is 4.90 Å². The zero-order valence-electron chi connectivity index (χ0n) is 17.7. The number of unbranched alkanes of at least 4 members (excludes halogenated alkanes) is 1. The molecule has 0 radical (unpaired) electrons. The van der Waals surface area contributed by atoms with Gasteiger partial charge in [-0.15, -0.1) is 0 Å². The van der Waals surface area contributed by atoms with E-state index in [1.807, 2.05) is 18.2 Å². The number of carbonyl (C=O) groups excluding carboxylic acids is 2. The number of hydrogen-bond acceptors (Lipinski definition) is 4. The van der Waals surface area contributed by atoms with Crippen molar-refractivity contribution in [2.45, 2.75) is 25.7 Å². The lowest BCUT2D eigenvalue weighted by Crippen LogP contribution is -2.50. The van der Waals surface area contributed by atoms with Crippen molar-refractivity contribution in [3.8, 4) is 0 Å². The van der Waals surface area contributed by atoms with Crippen LogP contribution in [0, 0.1) is 0 Å². The minimum atomic E-state index is -0.407. The van der Waals surface area contributed by atoms with Gasteiger partial charge in [0.15, 0.2) is 0 Å². The molecule has 2 aromatic carbocycles. The summed E-state index contributed by atoms with van der Waals surface area (Å²) in [6, 6.07) is 16.1. The number of anilines is 2. The average molecular weight is 441 g/mol. The van der Waals surface area contributed by atoms with E-state index in [1.165, 1.54) is 18.4 Å². The summed E-state index contributed by atoms with van der Waals surface area (Å²) in [4.78, 5) is 30.1. The molecule has 2 aliphatic rings. The van der Waals surface area contributed by atoms with Crippen molar-refractivity contribution in [3.63, 3.8) is 0 Å². The number of piperazine rings is 1. The standard InChI is InChI=1S/C24H29ClN4O2/c25-21-10-9-20(18-22(21)29-13-11-23(30)26-24(29)31)28-16-14-27(15-17-28)12-5-4-8-19-6-2-1-3-7-19/h1-3,6-7,9-10,18H,4-5,8,11-17H2,(H,26,30,31). The highest BCUT2D eigenvalue weighted by Crippen LogP contribution is 2.32. The van der Waals surface area contributed by atoms with E-state index in [0.717, 1.165) is 44.8 Å². The number of carbonyl (C=O) groups is 2. The van der Waals surface area contributed by atoms with Crippen molar-refractivity contribution in [2.75, 3.05) is 49.1 Å². The Hall–Kier alpha value is -2.57. The van der Waals surface area contributed by atoms with E-state index < -0.39 is 6.03 Å². The molecule has 2 aliphatic heterocycles. The number of hydrogen-bond donors (Lipinski definition) is 1. The monoisotopic (exact) mass is 440 g/mol. The summed E-state index contributed by atoms with van der Waals surface area (Å²) in [7, 11) is 0. The van der Waals surface area contributed by atoms with Crippen molar-refractivity contribution in [3.05, 3.63) is 59.1 Å². The second kappa shape index (κ2) is 10.2. The lowest BCUT2D eigenvalue weighted by molar-refractivity contribution is -0.120. The smallest absolute Gasteiger partial charge is 0.328 e. The Bertz CT molecular complexity index is 913. The molecule has 164 valence electrons. The van der Waals surface area contributed by atoms with Gasteiger partial charge in [0.2, 0.25) is 5.91 Å². The second-order valence-electron chi connectivity index (χ2n) is 8.16. The first kappa shape index (κ1) is 21.7. The number of rotatable bonds is 7. The topological polar surface area (TPSA) is 55.9 Å². The summed E-state index contributed by atoms with van der Waals surface area (Å²) in [6.07, 6.45) is 3.85. The number of halogens is 1. The first-order valence-electron chi connectivity index (χ1n) is 11.0. The second-order valence-corrected chi connectivity index (χ2v) is 8.57. The number of nitrogens with zero attached hydrogens (tertiary/aromatic N) is 3. The summed E-state index contributed by atoms with van der Waals surface area (Å²) >= 11 is 6.38. The van der Waals surface area contributed by atoms with Gasteiger partial charge in [-0.1, -0.05) is 41.9 Å². The van der Waals surface area contributed by atoms with Gasteiger partial charge >= 0.3 is 6.03 Å². The van der Waals surface area contributed by atoms with Crippen LogP contribution in [0.2, 0.25) is 5.02 Å².